The summed E-state index contributed by atoms with van der Waals surface area (Å²) in [5, 5.41) is 6.93. The molecule has 0 spiro atoms. The second kappa shape index (κ2) is 12.2. The molecular formula is C25H36N4O. The van der Waals surface area contributed by atoms with Gasteiger partial charge in [-0.2, -0.15) is 0 Å². The quantitative estimate of drug-likeness (QED) is 0.345. The lowest BCUT2D eigenvalue weighted by atomic mass is 10.1. The van der Waals surface area contributed by atoms with Gasteiger partial charge < -0.3 is 20.3 Å². The van der Waals surface area contributed by atoms with Crippen LogP contribution in [0.3, 0.4) is 0 Å². The summed E-state index contributed by atoms with van der Waals surface area (Å²) in [5.74, 6) is 0.847. The fourth-order valence-electron chi connectivity index (χ4n) is 3.75. The zero-order chi connectivity index (χ0) is 21.0. The Morgan fingerprint density at radius 1 is 1.07 bits per heavy atom. The molecule has 0 bridgehead atoms. The third kappa shape index (κ3) is 7.06. The lowest BCUT2D eigenvalue weighted by Crippen LogP contribution is -2.39. The van der Waals surface area contributed by atoms with Gasteiger partial charge in [-0.05, 0) is 55.9 Å². The van der Waals surface area contributed by atoms with E-state index in [0.29, 0.717) is 6.61 Å². The Kier molecular flexibility index (Phi) is 9.04. The normalized spacial score (nSPS) is 15.3. The summed E-state index contributed by atoms with van der Waals surface area (Å²) in [6, 6.07) is 19.4. The van der Waals surface area contributed by atoms with Gasteiger partial charge in [-0.15, -0.1) is 0 Å². The average molecular weight is 409 g/mol. The summed E-state index contributed by atoms with van der Waals surface area (Å²) >= 11 is 0. The number of rotatable bonds is 10. The number of nitrogens with one attached hydrogen (secondary N) is 2. The van der Waals surface area contributed by atoms with Gasteiger partial charge in [0.25, 0.3) is 0 Å². The summed E-state index contributed by atoms with van der Waals surface area (Å²) < 4.78 is 5.75. The number of ether oxygens (including phenoxy) is 1. The highest BCUT2D eigenvalue weighted by Crippen LogP contribution is 2.23. The van der Waals surface area contributed by atoms with E-state index in [1.54, 1.807) is 0 Å². The van der Waals surface area contributed by atoms with Gasteiger partial charge in [0.1, 0.15) is 0 Å². The van der Waals surface area contributed by atoms with Gasteiger partial charge in [-0.1, -0.05) is 42.5 Å². The first-order chi connectivity index (χ1) is 14.8. The van der Waals surface area contributed by atoms with E-state index >= 15 is 0 Å². The maximum atomic E-state index is 5.75. The van der Waals surface area contributed by atoms with E-state index in [4.69, 9.17) is 4.74 Å². The first-order valence-corrected chi connectivity index (χ1v) is 11.2. The average Bonchev–Trinajstić information content (AvgIpc) is 3.33. The molecule has 1 unspecified atom stereocenters. The smallest absolute Gasteiger partial charge is 0.191 e. The zero-order valence-electron chi connectivity index (χ0n) is 18.4. The van der Waals surface area contributed by atoms with E-state index in [9.17, 15) is 0 Å². The number of anilines is 1. The standard InChI is InChI=1S/C25H36N4O/c1-21(23-13-10-14-24(19-23)29-16-7-8-17-29)28-25(26-2)27-15-6-9-18-30-20-22-11-4-3-5-12-22/h3-5,10-14,19,21H,6-9,15-18,20H2,1-2H3,(H2,26,27,28). The van der Waals surface area contributed by atoms with Gasteiger partial charge in [0, 0.05) is 39.0 Å². The summed E-state index contributed by atoms with van der Waals surface area (Å²) in [6.45, 7) is 6.88. The summed E-state index contributed by atoms with van der Waals surface area (Å²) in [5.41, 5.74) is 3.84. The molecule has 0 aliphatic carbocycles. The molecule has 1 aliphatic rings. The molecule has 5 heteroatoms. The lowest BCUT2D eigenvalue weighted by Gasteiger charge is -2.22. The molecule has 3 rings (SSSR count). The SMILES string of the molecule is CN=C(NCCCCOCc1ccccc1)NC(C)c1cccc(N2CCCC2)c1. The molecule has 5 nitrogen and oxygen atoms in total. The predicted octanol–water partition coefficient (Wildman–Crippen LogP) is 4.51. The predicted molar refractivity (Wildman–Crippen MR) is 126 cm³/mol. The molecule has 162 valence electrons. The van der Waals surface area contributed by atoms with Crippen molar-refractivity contribution in [3.8, 4) is 0 Å². The molecule has 2 aromatic carbocycles. The second-order valence-electron chi connectivity index (χ2n) is 7.90. The van der Waals surface area contributed by atoms with Crippen molar-refractivity contribution < 1.29 is 4.74 Å². The Labute approximate surface area is 181 Å². The maximum absolute atomic E-state index is 5.75. The fourth-order valence-corrected chi connectivity index (χ4v) is 3.75. The summed E-state index contributed by atoms with van der Waals surface area (Å²) in [4.78, 5) is 6.86. The second-order valence-corrected chi connectivity index (χ2v) is 7.90. The minimum Gasteiger partial charge on any atom is -0.377 e. The van der Waals surface area contributed by atoms with Crippen LogP contribution in [-0.4, -0.2) is 39.2 Å². The Morgan fingerprint density at radius 2 is 1.87 bits per heavy atom. The number of benzene rings is 2. The van der Waals surface area contributed by atoms with Crippen LogP contribution < -0.4 is 15.5 Å². The van der Waals surface area contributed by atoms with E-state index in [1.165, 1.54) is 42.7 Å². The number of unbranched alkanes of at least 4 members (excludes halogenated alkanes) is 1. The molecule has 1 fully saturated rings. The van der Waals surface area contributed by atoms with Crippen LogP contribution >= 0.6 is 0 Å². The van der Waals surface area contributed by atoms with Crippen molar-refractivity contribution in [3.05, 3.63) is 65.7 Å². The number of nitrogens with zero attached hydrogens (tertiary/aromatic N) is 2. The van der Waals surface area contributed by atoms with Gasteiger partial charge in [0.2, 0.25) is 0 Å². The van der Waals surface area contributed by atoms with E-state index in [1.807, 2.05) is 25.2 Å². The first-order valence-electron chi connectivity index (χ1n) is 11.2. The molecule has 0 aromatic heterocycles. The number of aliphatic imine (C=N–C) groups is 1. The van der Waals surface area contributed by atoms with Crippen LogP contribution in [0.15, 0.2) is 59.6 Å². The molecule has 1 atom stereocenters. The minimum atomic E-state index is 0.202. The monoisotopic (exact) mass is 408 g/mol. The molecule has 0 radical (unpaired) electrons. The molecule has 1 saturated heterocycles. The van der Waals surface area contributed by atoms with E-state index in [2.05, 4.69) is 63.8 Å². The van der Waals surface area contributed by atoms with Crippen molar-refractivity contribution in [1.82, 2.24) is 10.6 Å². The molecule has 30 heavy (non-hydrogen) atoms. The highest BCUT2D eigenvalue weighted by molar-refractivity contribution is 5.80. The Bertz CT molecular complexity index is 772. The third-order valence-electron chi connectivity index (χ3n) is 5.54. The Hall–Kier alpha value is -2.53. The van der Waals surface area contributed by atoms with Gasteiger partial charge >= 0.3 is 0 Å². The van der Waals surface area contributed by atoms with Gasteiger partial charge in [0.05, 0.1) is 12.6 Å². The van der Waals surface area contributed by atoms with Crippen molar-refractivity contribution in [3.63, 3.8) is 0 Å². The van der Waals surface area contributed by atoms with Gasteiger partial charge in [-0.3, -0.25) is 4.99 Å². The van der Waals surface area contributed by atoms with Crippen LogP contribution in [0.25, 0.3) is 0 Å². The van der Waals surface area contributed by atoms with Crippen LogP contribution in [0, 0.1) is 0 Å². The Balaban J connectivity index is 1.34. The molecule has 0 amide bonds. The fraction of sp³-hybridized carbons (Fsp3) is 0.480. The molecule has 1 aliphatic heterocycles. The van der Waals surface area contributed by atoms with Gasteiger partial charge in [0.15, 0.2) is 5.96 Å². The molecule has 0 saturated carbocycles. The molecule has 2 aromatic rings. The molecular weight excluding hydrogens is 372 g/mol. The molecule has 2 N–H and O–H groups in total. The zero-order valence-corrected chi connectivity index (χ0v) is 18.4. The Morgan fingerprint density at radius 3 is 2.63 bits per heavy atom. The van der Waals surface area contributed by atoms with E-state index < -0.39 is 0 Å². The minimum absolute atomic E-state index is 0.202. The summed E-state index contributed by atoms with van der Waals surface area (Å²) in [6.07, 6.45) is 4.68. The van der Waals surface area contributed by atoms with Crippen LogP contribution in [-0.2, 0) is 11.3 Å². The van der Waals surface area contributed by atoms with Crippen LogP contribution in [0.4, 0.5) is 5.69 Å². The van der Waals surface area contributed by atoms with Crippen molar-refractivity contribution in [2.45, 2.75) is 45.3 Å². The third-order valence-corrected chi connectivity index (χ3v) is 5.54. The van der Waals surface area contributed by atoms with E-state index in [0.717, 1.165) is 32.0 Å². The van der Waals surface area contributed by atoms with Crippen molar-refractivity contribution in [2.75, 3.05) is 38.2 Å². The van der Waals surface area contributed by atoms with Crippen molar-refractivity contribution in [2.24, 2.45) is 4.99 Å². The maximum Gasteiger partial charge on any atom is 0.191 e. The summed E-state index contributed by atoms with van der Waals surface area (Å²) in [7, 11) is 1.83. The van der Waals surface area contributed by atoms with Crippen LogP contribution in [0.1, 0.15) is 49.8 Å². The number of guanidine groups is 1. The van der Waals surface area contributed by atoms with Crippen molar-refractivity contribution >= 4 is 11.6 Å². The molecule has 1 heterocycles. The number of hydrogen-bond donors (Lipinski definition) is 2. The lowest BCUT2D eigenvalue weighted by molar-refractivity contribution is 0.117. The highest BCUT2D eigenvalue weighted by Gasteiger charge is 2.14. The van der Waals surface area contributed by atoms with Crippen LogP contribution in [0.5, 0.6) is 0 Å². The van der Waals surface area contributed by atoms with Crippen molar-refractivity contribution in [1.29, 1.82) is 0 Å². The number of hydrogen-bond acceptors (Lipinski definition) is 3. The van der Waals surface area contributed by atoms with E-state index in [-0.39, 0.29) is 6.04 Å². The largest absolute Gasteiger partial charge is 0.377 e. The topological polar surface area (TPSA) is 48.9 Å². The first kappa shape index (κ1) is 22.2. The van der Waals surface area contributed by atoms with Gasteiger partial charge in [-0.25, -0.2) is 0 Å². The highest BCUT2D eigenvalue weighted by atomic mass is 16.5. The van der Waals surface area contributed by atoms with Crippen LogP contribution in [0.2, 0.25) is 0 Å².